The SMILES string of the molecule is Cn1ncc(CNC(=O)N2CCCC(c3ccc(F)c(F)c3)C2)n1. The molecule has 1 saturated heterocycles. The van der Waals surface area contributed by atoms with Crippen LogP contribution < -0.4 is 5.32 Å². The molecule has 1 aliphatic heterocycles. The van der Waals surface area contributed by atoms with E-state index < -0.39 is 11.6 Å². The number of likely N-dealkylation sites (tertiary alicyclic amines) is 1. The van der Waals surface area contributed by atoms with E-state index in [4.69, 9.17) is 0 Å². The van der Waals surface area contributed by atoms with Crippen molar-refractivity contribution in [3.05, 3.63) is 47.3 Å². The molecule has 6 nitrogen and oxygen atoms in total. The van der Waals surface area contributed by atoms with Gasteiger partial charge >= 0.3 is 6.03 Å². The number of hydrogen-bond acceptors (Lipinski definition) is 3. The van der Waals surface area contributed by atoms with E-state index in [1.807, 2.05) is 0 Å². The summed E-state index contributed by atoms with van der Waals surface area (Å²) in [5.74, 6) is -1.69. The molecule has 0 bridgehead atoms. The van der Waals surface area contributed by atoms with Crippen LogP contribution in [0.2, 0.25) is 0 Å². The molecular weight excluding hydrogens is 316 g/mol. The number of aryl methyl sites for hydroxylation is 1. The lowest BCUT2D eigenvalue weighted by atomic mass is 9.90. The molecule has 2 heterocycles. The number of carbonyl (C=O) groups excluding carboxylic acids is 1. The van der Waals surface area contributed by atoms with Gasteiger partial charge in [0, 0.05) is 26.1 Å². The number of benzene rings is 1. The van der Waals surface area contributed by atoms with Gasteiger partial charge in [0.1, 0.15) is 5.69 Å². The fraction of sp³-hybridized carbons (Fsp3) is 0.438. The van der Waals surface area contributed by atoms with Crippen molar-refractivity contribution in [1.29, 1.82) is 0 Å². The zero-order valence-electron chi connectivity index (χ0n) is 13.4. The van der Waals surface area contributed by atoms with Gasteiger partial charge in [0.05, 0.1) is 12.7 Å². The van der Waals surface area contributed by atoms with Crippen LogP contribution in [0.4, 0.5) is 13.6 Å². The van der Waals surface area contributed by atoms with E-state index in [1.54, 1.807) is 24.2 Å². The normalized spacial score (nSPS) is 17.8. The Morgan fingerprint density at radius 2 is 2.21 bits per heavy atom. The molecule has 2 amide bonds. The van der Waals surface area contributed by atoms with Crippen LogP contribution in [-0.4, -0.2) is 39.0 Å². The summed E-state index contributed by atoms with van der Waals surface area (Å²) in [6, 6.07) is 3.76. The van der Waals surface area contributed by atoms with Crippen LogP contribution in [0.5, 0.6) is 0 Å². The highest BCUT2D eigenvalue weighted by molar-refractivity contribution is 5.74. The number of piperidine rings is 1. The molecule has 24 heavy (non-hydrogen) atoms. The summed E-state index contributed by atoms with van der Waals surface area (Å²) in [6.45, 7) is 1.43. The van der Waals surface area contributed by atoms with Crippen LogP contribution in [0.3, 0.4) is 0 Å². The third-order valence-electron chi connectivity index (χ3n) is 4.19. The third kappa shape index (κ3) is 3.69. The molecule has 1 fully saturated rings. The van der Waals surface area contributed by atoms with Crippen molar-refractivity contribution in [1.82, 2.24) is 25.2 Å². The van der Waals surface area contributed by atoms with Crippen LogP contribution in [0.15, 0.2) is 24.4 Å². The first-order valence-electron chi connectivity index (χ1n) is 7.86. The minimum atomic E-state index is -0.854. The highest BCUT2D eigenvalue weighted by Gasteiger charge is 2.25. The molecule has 1 N–H and O–H groups in total. The van der Waals surface area contributed by atoms with Crippen LogP contribution in [0.1, 0.15) is 30.0 Å². The van der Waals surface area contributed by atoms with Crippen LogP contribution >= 0.6 is 0 Å². The number of aromatic nitrogens is 3. The number of hydrogen-bond donors (Lipinski definition) is 1. The fourth-order valence-electron chi connectivity index (χ4n) is 2.95. The van der Waals surface area contributed by atoms with Gasteiger partial charge in [0.15, 0.2) is 11.6 Å². The molecule has 2 aromatic rings. The molecule has 1 aromatic carbocycles. The first-order chi connectivity index (χ1) is 11.5. The fourth-order valence-corrected chi connectivity index (χ4v) is 2.95. The summed E-state index contributed by atoms with van der Waals surface area (Å²) in [5, 5.41) is 10.9. The number of halogens is 2. The van der Waals surface area contributed by atoms with Crippen molar-refractivity contribution in [3.8, 4) is 0 Å². The van der Waals surface area contributed by atoms with Gasteiger partial charge in [-0.25, -0.2) is 13.6 Å². The molecule has 0 spiro atoms. The number of carbonyl (C=O) groups is 1. The standard InChI is InChI=1S/C16H19F2N5O/c1-22-20-9-13(21-22)8-19-16(24)23-6-2-3-12(10-23)11-4-5-14(17)15(18)7-11/h4-5,7,9,12H,2-3,6,8,10H2,1H3,(H,19,24). The quantitative estimate of drug-likeness (QED) is 0.935. The summed E-state index contributed by atoms with van der Waals surface area (Å²) in [6.07, 6.45) is 3.27. The maximum absolute atomic E-state index is 13.4. The van der Waals surface area contributed by atoms with E-state index in [-0.39, 0.29) is 11.9 Å². The van der Waals surface area contributed by atoms with Crippen molar-refractivity contribution in [3.63, 3.8) is 0 Å². The van der Waals surface area contributed by atoms with Crippen molar-refractivity contribution in [2.45, 2.75) is 25.3 Å². The molecule has 1 aromatic heterocycles. The van der Waals surface area contributed by atoms with E-state index in [0.717, 1.165) is 24.5 Å². The van der Waals surface area contributed by atoms with Crippen molar-refractivity contribution >= 4 is 6.03 Å². The minimum Gasteiger partial charge on any atom is -0.332 e. The molecule has 8 heteroatoms. The number of urea groups is 1. The van der Waals surface area contributed by atoms with Gasteiger partial charge < -0.3 is 10.2 Å². The van der Waals surface area contributed by atoms with Crippen LogP contribution in [0, 0.1) is 11.6 Å². The van der Waals surface area contributed by atoms with Gasteiger partial charge in [0.25, 0.3) is 0 Å². The first kappa shape index (κ1) is 16.4. The molecule has 0 saturated carbocycles. The molecule has 3 rings (SSSR count). The largest absolute Gasteiger partial charge is 0.332 e. The predicted molar refractivity (Wildman–Crippen MR) is 83.1 cm³/mol. The topological polar surface area (TPSA) is 63.1 Å². The zero-order chi connectivity index (χ0) is 17.1. The monoisotopic (exact) mass is 335 g/mol. The van der Waals surface area contributed by atoms with Crippen LogP contribution in [-0.2, 0) is 13.6 Å². The lowest BCUT2D eigenvalue weighted by molar-refractivity contribution is 0.179. The Morgan fingerprint density at radius 3 is 2.92 bits per heavy atom. The molecule has 0 aliphatic carbocycles. The number of nitrogens with one attached hydrogen (secondary N) is 1. The smallest absolute Gasteiger partial charge is 0.317 e. The average Bonchev–Trinajstić information content (AvgIpc) is 3.00. The van der Waals surface area contributed by atoms with Gasteiger partial charge in [-0.15, -0.1) is 0 Å². The van der Waals surface area contributed by atoms with Gasteiger partial charge in [-0.1, -0.05) is 6.07 Å². The second kappa shape index (κ2) is 6.94. The first-order valence-corrected chi connectivity index (χ1v) is 7.86. The molecule has 0 radical (unpaired) electrons. The maximum atomic E-state index is 13.4. The van der Waals surface area contributed by atoms with E-state index >= 15 is 0 Å². The molecule has 1 unspecified atom stereocenters. The Kier molecular flexibility index (Phi) is 4.73. The van der Waals surface area contributed by atoms with E-state index in [0.29, 0.717) is 25.3 Å². The maximum Gasteiger partial charge on any atom is 0.317 e. The summed E-state index contributed by atoms with van der Waals surface area (Å²) < 4.78 is 26.5. The van der Waals surface area contributed by atoms with Crippen molar-refractivity contribution < 1.29 is 13.6 Å². The summed E-state index contributed by atoms with van der Waals surface area (Å²) in [4.78, 5) is 15.4. The van der Waals surface area contributed by atoms with E-state index in [9.17, 15) is 13.6 Å². The van der Waals surface area contributed by atoms with E-state index in [2.05, 4.69) is 15.5 Å². The Hall–Kier alpha value is -2.51. The highest BCUT2D eigenvalue weighted by Crippen LogP contribution is 2.27. The Morgan fingerprint density at radius 1 is 1.38 bits per heavy atom. The number of rotatable bonds is 3. The lowest BCUT2D eigenvalue weighted by Gasteiger charge is -2.33. The third-order valence-corrected chi connectivity index (χ3v) is 4.19. The van der Waals surface area contributed by atoms with Gasteiger partial charge in [0.2, 0.25) is 0 Å². The highest BCUT2D eigenvalue weighted by atomic mass is 19.2. The average molecular weight is 335 g/mol. The zero-order valence-corrected chi connectivity index (χ0v) is 13.4. The Bertz CT molecular complexity index is 733. The van der Waals surface area contributed by atoms with Crippen molar-refractivity contribution in [2.75, 3.05) is 13.1 Å². The second-order valence-electron chi connectivity index (χ2n) is 5.94. The molecular formula is C16H19F2N5O. The number of amides is 2. The molecule has 1 atom stereocenters. The van der Waals surface area contributed by atoms with Crippen LogP contribution in [0.25, 0.3) is 0 Å². The minimum absolute atomic E-state index is 0.0103. The summed E-state index contributed by atoms with van der Waals surface area (Å²) >= 11 is 0. The van der Waals surface area contributed by atoms with Gasteiger partial charge in [-0.05, 0) is 30.5 Å². The Labute approximate surface area is 138 Å². The molecule has 1 aliphatic rings. The predicted octanol–water partition coefficient (Wildman–Crippen LogP) is 2.18. The van der Waals surface area contributed by atoms with Crippen molar-refractivity contribution in [2.24, 2.45) is 7.05 Å². The Balaban J connectivity index is 1.60. The van der Waals surface area contributed by atoms with Gasteiger partial charge in [-0.2, -0.15) is 15.0 Å². The lowest BCUT2D eigenvalue weighted by Crippen LogP contribution is -2.44. The second-order valence-corrected chi connectivity index (χ2v) is 5.94. The van der Waals surface area contributed by atoms with Gasteiger partial charge in [-0.3, -0.25) is 0 Å². The molecule has 128 valence electrons. The number of nitrogens with zero attached hydrogens (tertiary/aromatic N) is 4. The summed E-state index contributed by atoms with van der Waals surface area (Å²) in [7, 11) is 1.71. The summed E-state index contributed by atoms with van der Waals surface area (Å²) in [5.41, 5.74) is 1.40. The van der Waals surface area contributed by atoms with E-state index in [1.165, 1.54) is 10.9 Å².